The van der Waals surface area contributed by atoms with E-state index in [0.717, 1.165) is 8.58 Å². The van der Waals surface area contributed by atoms with Crippen LogP contribution in [0.25, 0.3) is 21.5 Å². The van der Waals surface area contributed by atoms with Crippen LogP contribution in [0.3, 0.4) is 0 Å². The maximum Gasteiger partial charge on any atom is 2.00 e. The van der Waals surface area contributed by atoms with Crippen LogP contribution in [0.5, 0.6) is 0 Å². The van der Waals surface area contributed by atoms with E-state index < -0.39 is 0 Å². The van der Waals surface area contributed by atoms with Gasteiger partial charge < -0.3 is 24.8 Å². The average Bonchev–Trinajstić information content (AvgIpc) is 2.74. The van der Waals surface area contributed by atoms with Crippen LogP contribution in [0.1, 0.15) is 0 Å². The molecule has 4 heteroatoms. The molecule has 5 aromatic rings. The van der Waals surface area contributed by atoms with Gasteiger partial charge in [-0.3, -0.25) is 0 Å². The SMILES string of the molecule is [Cl-].[Cl-].[Pt+2].[c-]1c2ccccc2cc2ccccc12.c1ccc(Pc2ccccc2)cc1. The zero-order chi connectivity index (χ0) is 18.3. The van der Waals surface area contributed by atoms with Gasteiger partial charge >= 0.3 is 21.1 Å². The Labute approximate surface area is 207 Å². The van der Waals surface area contributed by atoms with Crippen molar-refractivity contribution in [1.29, 1.82) is 0 Å². The van der Waals surface area contributed by atoms with Crippen LogP contribution in [0.4, 0.5) is 0 Å². The Hall–Kier alpha value is -1.68. The second kappa shape index (κ2) is 13.6. The van der Waals surface area contributed by atoms with Gasteiger partial charge in [-0.1, -0.05) is 116 Å². The molecular weight excluding hydrogens is 609 g/mol. The molecule has 154 valence electrons. The van der Waals surface area contributed by atoms with Gasteiger partial charge in [0.2, 0.25) is 0 Å². The molecule has 0 spiro atoms. The zero-order valence-corrected chi connectivity index (χ0v) is 20.8. The van der Waals surface area contributed by atoms with Crippen molar-refractivity contribution in [2.24, 2.45) is 0 Å². The average molecular weight is 629 g/mol. The second-order valence-electron chi connectivity index (χ2n) is 6.30. The third-order valence-electron chi connectivity index (χ3n) is 4.34. The van der Waals surface area contributed by atoms with Crippen molar-refractivity contribution >= 4 is 40.7 Å². The molecular formula is C26H20Cl2PPt-. The van der Waals surface area contributed by atoms with Crippen LogP contribution in [0.15, 0.2) is 115 Å². The summed E-state index contributed by atoms with van der Waals surface area (Å²) in [6.07, 6.45) is 0. The molecule has 0 aliphatic rings. The van der Waals surface area contributed by atoms with Crippen molar-refractivity contribution in [3.63, 3.8) is 0 Å². The molecule has 5 rings (SSSR count). The molecule has 0 unspecified atom stereocenters. The molecule has 0 aliphatic carbocycles. The first-order valence-corrected chi connectivity index (χ1v) is 10.1. The summed E-state index contributed by atoms with van der Waals surface area (Å²) in [4.78, 5) is 0. The summed E-state index contributed by atoms with van der Waals surface area (Å²) >= 11 is 0. The molecule has 0 fully saturated rings. The van der Waals surface area contributed by atoms with Crippen molar-refractivity contribution in [2.45, 2.75) is 0 Å². The Bertz CT molecular complexity index is 1010. The third-order valence-corrected chi connectivity index (χ3v) is 5.58. The summed E-state index contributed by atoms with van der Waals surface area (Å²) in [5.74, 6) is 0. The largest absolute Gasteiger partial charge is 2.00 e. The number of benzene rings is 5. The van der Waals surface area contributed by atoms with Crippen molar-refractivity contribution in [3.05, 3.63) is 121 Å². The van der Waals surface area contributed by atoms with Gasteiger partial charge in [0.25, 0.3) is 0 Å². The van der Waals surface area contributed by atoms with Crippen molar-refractivity contribution in [3.8, 4) is 0 Å². The summed E-state index contributed by atoms with van der Waals surface area (Å²) in [6.45, 7) is 0. The van der Waals surface area contributed by atoms with E-state index in [0.29, 0.717) is 0 Å². The maximum atomic E-state index is 3.41. The zero-order valence-electron chi connectivity index (χ0n) is 16.0. The van der Waals surface area contributed by atoms with Crippen LogP contribution >= 0.6 is 8.58 Å². The minimum atomic E-state index is 0. The van der Waals surface area contributed by atoms with Crippen LogP contribution in [0.2, 0.25) is 0 Å². The minimum Gasteiger partial charge on any atom is -1.00 e. The standard InChI is InChI=1S/C14H9.C12H11P.2ClH.Pt/c1-2-6-12-10-14-8-4-3-7-13(14)9-11(12)5-1;1-3-7-11(8-4-1)13-12-9-5-2-6-10-12;;;/h1-9H;1-10,13H;2*1H;/q-1;;;;+2/p-2. The first kappa shape index (κ1) is 26.4. The van der Waals surface area contributed by atoms with Crippen molar-refractivity contribution in [1.82, 2.24) is 0 Å². The Kier molecular flexibility index (Phi) is 11.9. The minimum absolute atomic E-state index is 0. The molecule has 0 atom stereocenters. The quantitative estimate of drug-likeness (QED) is 0.148. The summed E-state index contributed by atoms with van der Waals surface area (Å²) in [6, 6.07) is 43.4. The van der Waals surface area contributed by atoms with Gasteiger partial charge in [-0.15, -0.1) is 35.0 Å². The molecule has 0 bridgehead atoms. The molecule has 5 aromatic carbocycles. The third kappa shape index (κ3) is 7.23. The predicted octanol–water partition coefficient (Wildman–Crippen LogP) is 0.115. The number of halogens is 2. The summed E-state index contributed by atoms with van der Waals surface area (Å²) < 4.78 is 0. The first-order chi connectivity index (χ1) is 13.4. The molecule has 30 heavy (non-hydrogen) atoms. The monoisotopic (exact) mass is 628 g/mol. The second-order valence-corrected chi connectivity index (χ2v) is 7.71. The van der Waals surface area contributed by atoms with Gasteiger partial charge in [-0.05, 0) is 10.6 Å². The topological polar surface area (TPSA) is 0 Å². The number of hydrogen-bond acceptors (Lipinski definition) is 0. The fourth-order valence-corrected chi connectivity index (χ4v) is 4.05. The van der Waals surface area contributed by atoms with Crippen LogP contribution in [-0.2, 0) is 21.1 Å². The van der Waals surface area contributed by atoms with E-state index in [1.807, 2.05) is 12.1 Å². The van der Waals surface area contributed by atoms with Crippen LogP contribution in [0, 0.1) is 6.07 Å². The van der Waals surface area contributed by atoms with E-state index in [1.54, 1.807) is 0 Å². The van der Waals surface area contributed by atoms with E-state index in [9.17, 15) is 0 Å². The smallest absolute Gasteiger partial charge is 1.00 e. The van der Waals surface area contributed by atoms with E-state index in [2.05, 4.69) is 109 Å². The molecule has 0 aromatic heterocycles. The Morgan fingerprint density at radius 2 is 0.833 bits per heavy atom. The number of fused-ring (bicyclic) bond motifs is 2. The molecule has 0 nitrogen and oxygen atoms in total. The van der Waals surface area contributed by atoms with Crippen LogP contribution < -0.4 is 35.4 Å². The van der Waals surface area contributed by atoms with E-state index in [-0.39, 0.29) is 45.9 Å². The molecule has 0 saturated heterocycles. The maximum absolute atomic E-state index is 3.41. The van der Waals surface area contributed by atoms with Gasteiger partial charge in [0.15, 0.2) is 0 Å². The van der Waals surface area contributed by atoms with Crippen LogP contribution in [-0.4, -0.2) is 0 Å². The summed E-state index contributed by atoms with van der Waals surface area (Å²) in [7, 11) is 0.777. The molecule has 0 radical (unpaired) electrons. The van der Waals surface area contributed by atoms with Crippen molar-refractivity contribution < 1.29 is 45.9 Å². The fourth-order valence-electron chi connectivity index (χ4n) is 3.00. The molecule has 0 saturated carbocycles. The van der Waals surface area contributed by atoms with Crippen molar-refractivity contribution in [2.75, 3.05) is 0 Å². The van der Waals surface area contributed by atoms with E-state index >= 15 is 0 Å². The van der Waals surface area contributed by atoms with Gasteiger partial charge in [0, 0.05) is 0 Å². The van der Waals surface area contributed by atoms with E-state index in [4.69, 9.17) is 0 Å². The Morgan fingerprint density at radius 3 is 1.27 bits per heavy atom. The predicted molar refractivity (Wildman–Crippen MR) is 121 cm³/mol. The Balaban J connectivity index is 0.000000274. The number of rotatable bonds is 2. The van der Waals surface area contributed by atoms with Gasteiger partial charge in [-0.2, -0.15) is 0 Å². The summed E-state index contributed by atoms with van der Waals surface area (Å²) in [5.41, 5.74) is 0. The first-order valence-electron chi connectivity index (χ1n) is 9.05. The number of hydrogen-bond donors (Lipinski definition) is 0. The Morgan fingerprint density at radius 1 is 0.467 bits per heavy atom. The van der Waals surface area contributed by atoms with E-state index in [1.165, 1.54) is 32.2 Å². The van der Waals surface area contributed by atoms with Gasteiger partial charge in [-0.25, -0.2) is 0 Å². The van der Waals surface area contributed by atoms with Gasteiger partial charge in [0.1, 0.15) is 0 Å². The molecule has 0 heterocycles. The molecule has 0 aliphatic heterocycles. The molecule has 0 N–H and O–H groups in total. The normalized spacial score (nSPS) is 9.33. The molecule has 0 amide bonds. The summed E-state index contributed by atoms with van der Waals surface area (Å²) in [5, 5.41) is 7.68. The van der Waals surface area contributed by atoms with Gasteiger partial charge in [0.05, 0.1) is 0 Å². The fraction of sp³-hybridized carbons (Fsp3) is 0.